The number of aromatic nitrogens is 2. The number of nitrogens with zero attached hydrogens (tertiary/aromatic N) is 4. The second-order valence-corrected chi connectivity index (χ2v) is 6.89. The Balaban J connectivity index is 1.50. The lowest BCUT2D eigenvalue weighted by Gasteiger charge is -2.34. The molecule has 1 saturated heterocycles. The molecule has 1 aliphatic rings. The van der Waals surface area contributed by atoms with Crippen LogP contribution in [0.15, 0.2) is 30.3 Å². The second kappa shape index (κ2) is 10.1. The SMILES string of the molecule is CCN1CCN(c2ccc(C(=O)NCCc3ccc(OC)c(OC)c3)nn2)CC1. The topological polar surface area (TPSA) is 79.8 Å². The zero-order chi connectivity index (χ0) is 20.6. The van der Waals surface area contributed by atoms with Crippen LogP contribution in [0.5, 0.6) is 11.5 Å². The molecular formula is C21H29N5O3. The molecule has 3 rings (SSSR count). The molecule has 0 bridgehead atoms. The molecule has 156 valence electrons. The Morgan fingerprint density at radius 3 is 2.41 bits per heavy atom. The van der Waals surface area contributed by atoms with Crippen molar-refractivity contribution in [3.05, 3.63) is 41.6 Å². The third-order valence-electron chi connectivity index (χ3n) is 5.17. The number of piperazine rings is 1. The smallest absolute Gasteiger partial charge is 0.271 e. The quantitative estimate of drug-likeness (QED) is 0.722. The van der Waals surface area contributed by atoms with Crippen molar-refractivity contribution in [2.45, 2.75) is 13.3 Å². The number of hydrogen-bond acceptors (Lipinski definition) is 7. The summed E-state index contributed by atoms with van der Waals surface area (Å²) in [7, 11) is 3.21. The predicted molar refractivity (Wildman–Crippen MR) is 112 cm³/mol. The van der Waals surface area contributed by atoms with E-state index >= 15 is 0 Å². The Morgan fingerprint density at radius 2 is 1.79 bits per heavy atom. The second-order valence-electron chi connectivity index (χ2n) is 6.89. The average Bonchev–Trinajstić information content (AvgIpc) is 2.79. The lowest BCUT2D eigenvalue weighted by Crippen LogP contribution is -2.46. The third kappa shape index (κ3) is 5.35. The summed E-state index contributed by atoms with van der Waals surface area (Å²) in [6.07, 6.45) is 0.680. The summed E-state index contributed by atoms with van der Waals surface area (Å²) in [5, 5.41) is 11.3. The van der Waals surface area contributed by atoms with Gasteiger partial charge < -0.3 is 24.6 Å². The highest BCUT2D eigenvalue weighted by Crippen LogP contribution is 2.27. The standard InChI is InChI=1S/C21H29N5O3/c1-4-25-11-13-26(14-12-25)20-8-6-17(23-24-20)21(27)22-10-9-16-5-7-18(28-2)19(15-16)29-3/h5-8,15H,4,9-14H2,1-3H3,(H,22,27). The molecule has 0 atom stereocenters. The first-order chi connectivity index (χ1) is 14.1. The summed E-state index contributed by atoms with van der Waals surface area (Å²) >= 11 is 0. The highest BCUT2D eigenvalue weighted by Gasteiger charge is 2.17. The molecule has 1 aromatic carbocycles. The summed E-state index contributed by atoms with van der Waals surface area (Å²) in [6.45, 7) is 7.65. The van der Waals surface area contributed by atoms with Gasteiger partial charge in [-0.1, -0.05) is 13.0 Å². The number of anilines is 1. The molecule has 8 nitrogen and oxygen atoms in total. The Hall–Kier alpha value is -2.87. The third-order valence-corrected chi connectivity index (χ3v) is 5.17. The summed E-state index contributed by atoms with van der Waals surface area (Å²) in [6, 6.07) is 9.34. The summed E-state index contributed by atoms with van der Waals surface area (Å²) in [5.74, 6) is 1.97. The number of carbonyl (C=O) groups is 1. The molecule has 29 heavy (non-hydrogen) atoms. The fourth-order valence-corrected chi connectivity index (χ4v) is 3.36. The van der Waals surface area contributed by atoms with Gasteiger partial charge >= 0.3 is 0 Å². The van der Waals surface area contributed by atoms with Crippen molar-refractivity contribution in [2.75, 3.05) is 58.4 Å². The monoisotopic (exact) mass is 399 g/mol. The van der Waals surface area contributed by atoms with Crippen molar-refractivity contribution in [2.24, 2.45) is 0 Å². The normalized spacial score (nSPS) is 14.5. The van der Waals surface area contributed by atoms with E-state index in [2.05, 4.69) is 32.2 Å². The van der Waals surface area contributed by atoms with Crippen LogP contribution in [0.2, 0.25) is 0 Å². The number of rotatable bonds is 8. The van der Waals surface area contributed by atoms with Crippen LogP contribution in [0.4, 0.5) is 5.82 Å². The molecule has 1 fully saturated rings. The van der Waals surface area contributed by atoms with E-state index in [9.17, 15) is 4.79 Å². The zero-order valence-corrected chi connectivity index (χ0v) is 17.4. The number of nitrogens with one attached hydrogen (secondary N) is 1. The molecule has 0 aliphatic carbocycles. The molecule has 2 heterocycles. The summed E-state index contributed by atoms with van der Waals surface area (Å²) < 4.78 is 10.6. The molecule has 0 spiro atoms. The molecule has 0 unspecified atom stereocenters. The van der Waals surface area contributed by atoms with Crippen molar-refractivity contribution in [1.29, 1.82) is 0 Å². The minimum absolute atomic E-state index is 0.222. The van der Waals surface area contributed by atoms with Gasteiger partial charge in [0.05, 0.1) is 14.2 Å². The molecular weight excluding hydrogens is 370 g/mol. The van der Waals surface area contributed by atoms with Crippen LogP contribution in [0.3, 0.4) is 0 Å². The number of benzene rings is 1. The number of amides is 1. The molecule has 1 aromatic heterocycles. The van der Waals surface area contributed by atoms with Gasteiger partial charge in [0.15, 0.2) is 23.0 Å². The summed E-state index contributed by atoms with van der Waals surface area (Å²) in [4.78, 5) is 17.0. The lowest BCUT2D eigenvalue weighted by atomic mass is 10.1. The van der Waals surface area contributed by atoms with Crippen LogP contribution in [0.1, 0.15) is 23.0 Å². The van der Waals surface area contributed by atoms with Gasteiger partial charge in [-0.05, 0) is 42.8 Å². The van der Waals surface area contributed by atoms with Gasteiger partial charge in [-0.2, -0.15) is 0 Å². The Bertz CT molecular complexity index is 804. The van der Waals surface area contributed by atoms with Gasteiger partial charge in [0.2, 0.25) is 0 Å². The van der Waals surface area contributed by atoms with E-state index in [0.717, 1.165) is 44.1 Å². The highest BCUT2D eigenvalue weighted by atomic mass is 16.5. The predicted octanol–water partition coefficient (Wildman–Crippen LogP) is 1.61. The number of methoxy groups -OCH3 is 2. The maximum absolute atomic E-state index is 12.3. The first-order valence-electron chi connectivity index (χ1n) is 9.94. The van der Waals surface area contributed by atoms with Crippen molar-refractivity contribution in [3.8, 4) is 11.5 Å². The highest BCUT2D eigenvalue weighted by molar-refractivity contribution is 5.92. The first-order valence-corrected chi connectivity index (χ1v) is 9.94. The van der Waals surface area contributed by atoms with Crippen LogP contribution in [0.25, 0.3) is 0 Å². The molecule has 1 aliphatic heterocycles. The fourth-order valence-electron chi connectivity index (χ4n) is 3.36. The molecule has 8 heteroatoms. The van der Waals surface area contributed by atoms with E-state index < -0.39 is 0 Å². The van der Waals surface area contributed by atoms with Crippen LogP contribution in [-0.4, -0.2) is 74.5 Å². The molecule has 2 aromatic rings. The van der Waals surface area contributed by atoms with Gasteiger partial charge in [0.25, 0.3) is 5.91 Å². The van der Waals surface area contributed by atoms with Crippen molar-refractivity contribution in [1.82, 2.24) is 20.4 Å². The van der Waals surface area contributed by atoms with Crippen LogP contribution < -0.4 is 19.7 Å². The fraction of sp³-hybridized carbons (Fsp3) is 0.476. The first kappa shape index (κ1) is 20.9. The van der Waals surface area contributed by atoms with Crippen LogP contribution in [0, 0.1) is 0 Å². The van der Waals surface area contributed by atoms with Crippen LogP contribution >= 0.6 is 0 Å². The van der Waals surface area contributed by atoms with E-state index in [-0.39, 0.29) is 5.91 Å². The van der Waals surface area contributed by atoms with E-state index in [4.69, 9.17) is 9.47 Å². The largest absolute Gasteiger partial charge is 0.493 e. The number of ether oxygens (including phenoxy) is 2. The number of carbonyl (C=O) groups excluding carboxylic acids is 1. The average molecular weight is 399 g/mol. The molecule has 0 radical (unpaired) electrons. The number of hydrogen-bond donors (Lipinski definition) is 1. The van der Waals surface area contributed by atoms with E-state index in [0.29, 0.717) is 30.2 Å². The van der Waals surface area contributed by atoms with E-state index in [1.54, 1.807) is 20.3 Å². The van der Waals surface area contributed by atoms with E-state index in [1.165, 1.54) is 0 Å². The minimum Gasteiger partial charge on any atom is -0.493 e. The van der Waals surface area contributed by atoms with Gasteiger partial charge in [0.1, 0.15) is 0 Å². The van der Waals surface area contributed by atoms with Gasteiger partial charge in [-0.25, -0.2) is 0 Å². The number of likely N-dealkylation sites (N-methyl/N-ethyl adjacent to an activating group) is 1. The van der Waals surface area contributed by atoms with Gasteiger partial charge in [0, 0.05) is 32.7 Å². The maximum Gasteiger partial charge on any atom is 0.271 e. The zero-order valence-electron chi connectivity index (χ0n) is 17.4. The van der Waals surface area contributed by atoms with Gasteiger partial charge in [-0.3, -0.25) is 4.79 Å². The van der Waals surface area contributed by atoms with E-state index in [1.807, 2.05) is 24.3 Å². The summed E-state index contributed by atoms with van der Waals surface area (Å²) in [5.41, 5.74) is 1.38. The van der Waals surface area contributed by atoms with Crippen molar-refractivity contribution in [3.63, 3.8) is 0 Å². The maximum atomic E-state index is 12.3. The molecule has 1 amide bonds. The molecule has 1 N–H and O–H groups in total. The minimum atomic E-state index is -0.222. The Morgan fingerprint density at radius 1 is 1.03 bits per heavy atom. The van der Waals surface area contributed by atoms with Gasteiger partial charge in [-0.15, -0.1) is 10.2 Å². The van der Waals surface area contributed by atoms with Crippen molar-refractivity contribution >= 4 is 11.7 Å². The molecule has 0 saturated carbocycles. The van der Waals surface area contributed by atoms with Crippen LogP contribution in [-0.2, 0) is 6.42 Å². The van der Waals surface area contributed by atoms with Crippen molar-refractivity contribution < 1.29 is 14.3 Å². The Labute approximate surface area is 171 Å². The Kier molecular flexibility index (Phi) is 7.24. The lowest BCUT2D eigenvalue weighted by molar-refractivity contribution is 0.0948.